The van der Waals surface area contributed by atoms with E-state index in [0.29, 0.717) is 5.88 Å². The maximum absolute atomic E-state index is 5.71. The molecule has 0 aliphatic heterocycles. The Kier molecular flexibility index (Phi) is 8.49. The number of nitrogens with one attached hydrogen (secondary N) is 1. The van der Waals surface area contributed by atoms with Crippen molar-refractivity contribution in [3.63, 3.8) is 0 Å². The van der Waals surface area contributed by atoms with Gasteiger partial charge in [0.1, 0.15) is 0 Å². The highest BCUT2D eigenvalue weighted by Gasteiger charge is 2.14. The van der Waals surface area contributed by atoms with Gasteiger partial charge in [-0.3, -0.25) is 0 Å². The summed E-state index contributed by atoms with van der Waals surface area (Å²) < 4.78 is 5.52. The van der Waals surface area contributed by atoms with Crippen LogP contribution in [0.1, 0.15) is 40.5 Å². The summed E-state index contributed by atoms with van der Waals surface area (Å²) >= 11 is 5.71. The average Bonchev–Trinajstić information content (AvgIpc) is 2.10. The summed E-state index contributed by atoms with van der Waals surface area (Å²) in [5.74, 6) is 1.43. The molecule has 0 rings (SSSR count). The van der Waals surface area contributed by atoms with Gasteiger partial charge in [-0.1, -0.05) is 13.8 Å². The van der Waals surface area contributed by atoms with Crippen molar-refractivity contribution in [1.82, 2.24) is 5.32 Å². The molecule has 0 aliphatic carbocycles. The molecule has 2 nitrogen and oxygen atoms in total. The minimum absolute atomic E-state index is 0.128. The fourth-order valence-electron chi connectivity index (χ4n) is 1.21. The van der Waals surface area contributed by atoms with Gasteiger partial charge in [0.2, 0.25) is 0 Å². The molecule has 0 saturated carbocycles. The molecule has 0 aromatic heterocycles. The first-order chi connectivity index (χ1) is 6.98. The lowest BCUT2D eigenvalue weighted by Gasteiger charge is -2.25. The van der Waals surface area contributed by atoms with E-state index in [2.05, 4.69) is 33.0 Å². The number of alkyl halides is 1. The standard InChI is InChI=1S/C12H26ClNO/c1-11(2)5-9-15-10-8-14-12(3,4)6-7-13/h11,14H,5-10H2,1-4H3. The third-order valence-corrected chi connectivity index (χ3v) is 2.60. The monoisotopic (exact) mass is 235 g/mol. The third-order valence-electron chi connectivity index (χ3n) is 2.41. The lowest BCUT2D eigenvalue weighted by molar-refractivity contribution is 0.119. The Morgan fingerprint density at radius 2 is 1.93 bits per heavy atom. The van der Waals surface area contributed by atoms with E-state index in [1.807, 2.05) is 0 Å². The van der Waals surface area contributed by atoms with E-state index in [1.165, 1.54) is 0 Å². The first kappa shape index (κ1) is 15.2. The van der Waals surface area contributed by atoms with E-state index in [-0.39, 0.29) is 5.54 Å². The molecular weight excluding hydrogens is 210 g/mol. The normalized spacial score (nSPS) is 12.4. The van der Waals surface area contributed by atoms with Gasteiger partial charge >= 0.3 is 0 Å². The van der Waals surface area contributed by atoms with Gasteiger partial charge in [-0.25, -0.2) is 0 Å². The number of halogens is 1. The Hall–Kier alpha value is 0.210. The molecule has 0 radical (unpaired) electrons. The second-order valence-corrected chi connectivity index (χ2v) is 5.42. The zero-order valence-corrected chi connectivity index (χ0v) is 11.4. The highest BCUT2D eigenvalue weighted by Crippen LogP contribution is 2.08. The number of hydrogen-bond donors (Lipinski definition) is 1. The van der Waals surface area contributed by atoms with E-state index in [4.69, 9.17) is 16.3 Å². The Balaban J connectivity index is 3.30. The lowest BCUT2D eigenvalue weighted by Crippen LogP contribution is -2.41. The van der Waals surface area contributed by atoms with Crippen LogP contribution in [0.4, 0.5) is 0 Å². The molecule has 0 amide bonds. The van der Waals surface area contributed by atoms with Crippen LogP contribution in [0.25, 0.3) is 0 Å². The Labute approximate surface area is 99.7 Å². The SMILES string of the molecule is CC(C)CCOCCNC(C)(C)CCCl. The largest absolute Gasteiger partial charge is 0.380 e. The number of rotatable bonds is 9. The lowest BCUT2D eigenvalue weighted by atomic mass is 10.0. The van der Waals surface area contributed by atoms with Crippen LogP contribution in [0.5, 0.6) is 0 Å². The molecule has 0 unspecified atom stereocenters. The second kappa shape index (κ2) is 8.37. The summed E-state index contributed by atoms with van der Waals surface area (Å²) in [6.07, 6.45) is 2.13. The van der Waals surface area contributed by atoms with Crippen molar-refractivity contribution in [2.45, 2.75) is 46.1 Å². The van der Waals surface area contributed by atoms with Crippen molar-refractivity contribution >= 4 is 11.6 Å². The Morgan fingerprint density at radius 3 is 2.47 bits per heavy atom. The van der Waals surface area contributed by atoms with Crippen LogP contribution < -0.4 is 5.32 Å². The summed E-state index contributed by atoms with van der Waals surface area (Å²) in [7, 11) is 0. The molecular formula is C12H26ClNO. The van der Waals surface area contributed by atoms with Crippen LogP contribution in [-0.4, -0.2) is 31.2 Å². The van der Waals surface area contributed by atoms with Gasteiger partial charge in [-0.05, 0) is 32.6 Å². The topological polar surface area (TPSA) is 21.3 Å². The molecule has 0 fully saturated rings. The molecule has 0 spiro atoms. The molecule has 0 bridgehead atoms. The molecule has 0 aromatic carbocycles. The van der Waals surface area contributed by atoms with E-state index < -0.39 is 0 Å². The summed E-state index contributed by atoms with van der Waals surface area (Å²) in [5, 5.41) is 3.44. The van der Waals surface area contributed by atoms with Gasteiger partial charge in [0, 0.05) is 24.6 Å². The van der Waals surface area contributed by atoms with E-state index in [9.17, 15) is 0 Å². The van der Waals surface area contributed by atoms with Gasteiger partial charge in [0.05, 0.1) is 6.61 Å². The van der Waals surface area contributed by atoms with Gasteiger partial charge in [-0.15, -0.1) is 11.6 Å². The highest BCUT2D eigenvalue weighted by molar-refractivity contribution is 6.17. The van der Waals surface area contributed by atoms with Crippen molar-refractivity contribution < 1.29 is 4.74 Å². The van der Waals surface area contributed by atoms with Crippen molar-refractivity contribution in [1.29, 1.82) is 0 Å². The quantitative estimate of drug-likeness (QED) is 0.490. The van der Waals surface area contributed by atoms with Gasteiger partial charge in [-0.2, -0.15) is 0 Å². The Morgan fingerprint density at radius 1 is 1.27 bits per heavy atom. The smallest absolute Gasteiger partial charge is 0.0591 e. The molecule has 0 aliphatic rings. The molecule has 0 aromatic rings. The minimum atomic E-state index is 0.128. The van der Waals surface area contributed by atoms with Crippen LogP contribution in [-0.2, 0) is 4.74 Å². The van der Waals surface area contributed by atoms with Crippen molar-refractivity contribution in [3.05, 3.63) is 0 Å². The molecule has 92 valence electrons. The molecule has 0 saturated heterocycles. The first-order valence-electron chi connectivity index (χ1n) is 5.86. The van der Waals surface area contributed by atoms with Gasteiger partial charge < -0.3 is 10.1 Å². The average molecular weight is 236 g/mol. The minimum Gasteiger partial charge on any atom is -0.380 e. The third kappa shape index (κ3) is 10.5. The Bertz CT molecular complexity index is 149. The fourth-order valence-corrected chi connectivity index (χ4v) is 1.68. The maximum atomic E-state index is 5.71. The zero-order valence-electron chi connectivity index (χ0n) is 10.6. The number of hydrogen-bond acceptors (Lipinski definition) is 2. The van der Waals surface area contributed by atoms with Gasteiger partial charge in [0.25, 0.3) is 0 Å². The molecule has 15 heavy (non-hydrogen) atoms. The molecule has 0 heterocycles. The van der Waals surface area contributed by atoms with Crippen molar-refractivity contribution in [2.24, 2.45) is 5.92 Å². The van der Waals surface area contributed by atoms with Crippen LogP contribution in [0, 0.1) is 5.92 Å². The second-order valence-electron chi connectivity index (χ2n) is 5.04. The van der Waals surface area contributed by atoms with E-state index >= 15 is 0 Å². The first-order valence-corrected chi connectivity index (χ1v) is 6.40. The summed E-state index contributed by atoms with van der Waals surface area (Å²) in [6, 6.07) is 0. The molecule has 0 atom stereocenters. The predicted octanol–water partition coefficient (Wildman–Crippen LogP) is 3.05. The van der Waals surface area contributed by atoms with Crippen LogP contribution in [0.15, 0.2) is 0 Å². The fraction of sp³-hybridized carbons (Fsp3) is 1.00. The molecule has 1 N–H and O–H groups in total. The number of ether oxygens (including phenoxy) is 1. The van der Waals surface area contributed by atoms with E-state index in [0.717, 1.165) is 38.5 Å². The zero-order chi connectivity index (χ0) is 11.7. The van der Waals surface area contributed by atoms with Crippen molar-refractivity contribution in [3.8, 4) is 0 Å². The summed E-state index contributed by atoms with van der Waals surface area (Å²) in [4.78, 5) is 0. The predicted molar refractivity (Wildman–Crippen MR) is 67.7 cm³/mol. The molecule has 3 heteroatoms. The summed E-state index contributed by atoms with van der Waals surface area (Å²) in [6.45, 7) is 11.3. The highest BCUT2D eigenvalue weighted by atomic mass is 35.5. The maximum Gasteiger partial charge on any atom is 0.0591 e. The van der Waals surface area contributed by atoms with Crippen LogP contribution in [0.3, 0.4) is 0 Å². The van der Waals surface area contributed by atoms with Crippen LogP contribution >= 0.6 is 11.6 Å². The van der Waals surface area contributed by atoms with Crippen LogP contribution in [0.2, 0.25) is 0 Å². The van der Waals surface area contributed by atoms with Crippen molar-refractivity contribution in [2.75, 3.05) is 25.6 Å². The van der Waals surface area contributed by atoms with E-state index in [1.54, 1.807) is 0 Å². The summed E-state index contributed by atoms with van der Waals surface area (Å²) in [5.41, 5.74) is 0.128. The van der Waals surface area contributed by atoms with Gasteiger partial charge in [0.15, 0.2) is 0 Å².